The number of halogens is 1. The van der Waals surface area contributed by atoms with Gasteiger partial charge in [0, 0.05) is 13.0 Å². The minimum atomic E-state index is -1.13. The van der Waals surface area contributed by atoms with Gasteiger partial charge in [0.05, 0.1) is 22.9 Å². The number of nitriles is 1. The fourth-order valence-electron chi connectivity index (χ4n) is 3.02. The van der Waals surface area contributed by atoms with Crippen molar-refractivity contribution in [3.63, 3.8) is 0 Å². The van der Waals surface area contributed by atoms with Gasteiger partial charge >= 0.3 is 5.97 Å². The molecule has 0 bridgehead atoms. The first-order valence-corrected chi connectivity index (χ1v) is 8.96. The van der Waals surface area contributed by atoms with Crippen molar-refractivity contribution in [2.45, 2.75) is 19.4 Å². The molecule has 0 radical (unpaired) electrons. The number of rotatable bonds is 5. The van der Waals surface area contributed by atoms with Gasteiger partial charge in [0.15, 0.2) is 6.10 Å². The Morgan fingerprint density at radius 2 is 1.93 bits per heavy atom. The summed E-state index contributed by atoms with van der Waals surface area (Å²) >= 11 is 0. The van der Waals surface area contributed by atoms with Gasteiger partial charge in [-0.1, -0.05) is 24.3 Å². The number of esters is 1. The van der Waals surface area contributed by atoms with Crippen LogP contribution in [0.15, 0.2) is 48.5 Å². The SMILES string of the molecule is C[C@@H](OC(=O)[C@H]1CC(=O)N(c2ccccc2F)C1)C(=O)Nc1ccccc1C#N. The Hall–Kier alpha value is -3.73. The highest BCUT2D eigenvalue weighted by Gasteiger charge is 2.38. The van der Waals surface area contributed by atoms with E-state index in [1.807, 2.05) is 6.07 Å². The van der Waals surface area contributed by atoms with Gasteiger partial charge in [-0.25, -0.2) is 4.39 Å². The first-order chi connectivity index (χ1) is 13.9. The molecule has 2 amide bonds. The maximum absolute atomic E-state index is 13.9. The van der Waals surface area contributed by atoms with Crippen molar-refractivity contribution in [3.05, 3.63) is 59.9 Å². The fraction of sp³-hybridized carbons (Fsp3) is 0.238. The average molecular weight is 395 g/mol. The number of carbonyl (C=O) groups is 3. The highest BCUT2D eigenvalue weighted by Crippen LogP contribution is 2.28. The molecule has 7 nitrogen and oxygen atoms in total. The quantitative estimate of drug-likeness (QED) is 0.785. The smallest absolute Gasteiger partial charge is 0.312 e. The Kier molecular flexibility index (Phi) is 5.88. The Morgan fingerprint density at radius 3 is 2.66 bits per heavy atom. The van der Waals surface area contributed by atoms with Gasteiger partial charge in [-0.15, -0.1) is 0 Å². The molecule has 1 aliphatic heterocycles. The molecule has 1 heterocycles. The van der Waals surface area contributed by atoms with Crippen LogP contribution in [0.1, 0.15) is 18.9 Å². The van der Waals surface area contributed by atoms with Gasteiger partial charge in [0.25, 0.3) is 5.91 Å². The van der Waals surface area contributed by atoms with E-state index in [4.69, 9.17) is 10.00 Å². The van der Waals surface area contributed by atoms with Crippen molar-refractivity contribution in [2.75, 3.05) is 16.8 Å². The number of nitrogens with zero attached hydrogens (tertiary/aromatic N) is 2. The predicted molar refractivity (Wildman–Crippen MR) is 102 cm³/mol. The van der Waals surface area contributed by atoms with E-state index in [9.17, 15) is 18.8 Å². The number of ether oxygens (including phenoxy) is 1. The van der Waals surface area contributed by atoms with Gasteiger partial charge in [0.2, 0.25) is 5.91 Å². The zero-order valence-corrected chi connectivity index (χ0v) is 15.6. The molecule has 2 aromatic carbocycles. The third kappa shape index (κ3) is 4.41. The molecule has 8 heteroatoms. The molecule has 148 valence electrons. The van der Waals surface area contributed by atoms with Crippen LogP contribution in [0.4, 0.5) is 15.8 Å². The lowest BCUT2D eigenvalue weighted by molar-refractivity contribution is -0.157. The molecular formula is C21H18FN3O4. The molecule has 0 aromatic heterocycles. The Bertz CT molecular complexity index is 1000. The van der Waals surface area contributed by atoms with Crippen molar-refractivity contribution >= 4 is 29.2 Å². The minimum absolute atomic E-state index is 0.0236. The summed E-state index contributed by atoms with van der Waals surface area (Å²) in [4.78, 5) is 38.1. The van der Waals surface area contributed by atoms with E-state index in [0.717, 1.165) is 0 Å². The zero-order chi connectivity index (χ0) is 21.0. The molecule has 0 unspecified atom stereocenters. The van der Waals surface area contributed by atoms with Crippen LogP contribution in [0.5, 0.6) is 0 Å². The average Bonchev–Trinajstić information content (AvgIpc) is 3.10. The number of amides is 2. The Labute approximate surface area is 166 Å². The summed E-state index contributed by atoms with van der Waals surface area (Å²) in [6.45, 7) is 1.37. The molecule has 0 saturated carbocycles. The van der Waals surface area contributed by atoms with Crippen LogP contribution in [0.2, 0.25) is 0 Å². The fourth-order valence-corrected chi connectivity index (χ4v) is 3.02. The highest BCUT2D eigenvalue weighted by molar-refractivity contribution is 6.00. The third-order valence-corrected chi connectivity index (χ3v) is 4.57. The van der Waals surface area contributed by atoms with Crippen molar-refractivity contribution in [3.8, 4) is 6.07 Å². The molecular weight excluding hydrogens is 377 g/mol. The van der Waals surface area contributed by atoms with E-state index in [0.29, 0.717) is 5.69 Å². The van der Waals surface area contributed by atoms with Gasteiger partial charge in [-0.2, -0.15) is 5.26 Å². The Balaban J connectivity index is 1.61. The molecule has 2 aromatic rings. The van der Waals surface area contributed by atoms with Crippen molar-refractivity contribution in [2.24, 2.45) is 5.92 Å². The highest BCUT2D eigenvalue weighted by atomic mass is 19.1. The predicted octanol–water partition coefficient (Wildman–Crippen LogP) is 2.62. The number of benzene rings is 2. The summed E-state index contributed by atoms with van der Waals surface area (Å²) in [7, 11) is 0. The number of nitrogens with one attached hydrogen (secondary N) is 1. The lowest BCUT2D eigenvalue weighted by Gasteiger charge is -2.18. The zero-order valence-electron chi connectivity index (χ0n) is 15.6. The summed E-state index contributed by atoms with van der Waals surface area (Å²) in [5.74, 6) is -3.07. The second-order valence-corrected chi connectivity index (χ2v) is 6.58. The van der Waals surface area contributed by atoms with Crippen LogP contribution >= 0.6 is 0 Å². The summed E-state index contributed by atoms with van der Waals surface area (Å²) in [5, 5.41) is 11.6. The molecule has 0 aliphatic carbocycles. The standard InChI is InChI=1S/C21H18FN3O4/c1-13(20(27)24-17-8-4-2-6-14(17)11-23)29-21(28)15-10-19(26)25(12-15)18-9-5-3-7-16(18)22/h2-9,13,15H,10,12H2,1H3,(H,24,27)/t13-,15+/m1/s1. The molecule has 1 N–H and O–H groups in total. The van der Waals surface area contributed by atoms with E-state index >= 15 is 0 Å². The topological polar surface area (TPSA) is 99.5 Å². The largest absolute Gasteiger partial charge is 0.452 e. The molecule has 1 aliphatic rings. The van der Waals surface area contributed by atoms with E-state index in [1.54, 1.807) is 30.3 Å². The van der Waals surface area contributed by atoms with Crippen LogP contribution < -0.4 is 10.2 Å². The summed E-state index contributed by atoms with van der Waals surface area (Å²) in [5.41, 5.74) is 0.692. The number of hydrogen-bond acceptors (Lipinski definition) is 5. The number of para-hydroxylation sites is 2. The Morgan fingerprint density at radius 1 is 1.24 bits per heavy atom. The second kappa shape index (κ2) is 8.52. The van der Waals surface area contributed by atoms with Crippen molar-refractivity contribution < 1.29 is 23.5 Å². The van der Waals surface area contributed by atoms with E-state index in [2.05, 4.69) is 5.32 Å². The van der Waals surface area contributed by atoms with E-state index in [-0.39, 0.29) is 24.2 Å². The second-order valence-electron chi connectivity index (χ2n) is 6.58. The van der Waals surface area contributed by atoms with Crippen LogP contribution in [0, 0.1) is 23.1 Å². The molecule has 0 spiro atoms. The monoisotopic (exact) mass is 395 g/mol. The van der Waals surface area contributed by atoms with Crippen molar-refractivity contribution in [1.82, 2.24) is 0 Å². The lowest BCUT2D eigenvalue weighted by Crippen LogP contribution is -2.33. The number of carbonyl (C=O) groups excluding carboxylic acids is 3. The molecule has 1 saturated heterocycles. The van der Waals surface area contributed by atoms with Gasteiger partial charge in [0.1, 0.15) is 11.9 Å². The first kappa shape index (κ1) is 20.0. The van der Waals surface area contributed by atoms with Crippen molar-refractivity contribution in [1.29, 1.82) is 5.26 Å². The first-order valence-electron chi connectivity index (χ1n) is 8.96. The van der Waals surface area contributed by atoms with E-state index < -0.39 is 35.6 Å². The molecule has 3 rings (SSSR count). The third-order valence-electron chi connectivity index (χ3n) is 4.57. The summed E-state index contributed by atoms with van der Waals surface area (Å²) < 4.78 is 19.1. The number of hydrogen-bond donors (Lipinski definition) is 1. The van der Waals surface area contributed by atoms with Crippen LogP contribution in [-0.2, 0) is 19.1 Å². The van der Waals surface area contributed by atoms with Gasteiger partial charge < -0.3 is 15.0 Å². The maximum Gasteiger partial charge on any atom is 0.312 e. The molecule has 1 fully saturated rings. The van der Waals surface area contributed by atoms with Gasteiger partial charge in [-0.05, 0) is 31.2 Å². The van der Waals surface area contributed by atoms with E-state index in [1.165, 1.54) is 30.0 Å². The lowest BCUT2D eigenvalue weighted by atomic mass is 10.1. The summed E-state index contributed by atoms with van der Waals surface area (Å²) in [6.07, 6.45) is -1.26. The normalized spacial score (nSPS) is 16.8. The molecule has 29 heavy (non-hydrogen) atoms. The number of anilines is 2. The minimum Gasteiger partial charge on any atom is -0.452 e. The van der Waals surface area contributed by atoms with Gasteiger partial charge in [-0.3, -0.25) is 14.4 Å². The molecule has 2 atom stereocenters. The van der Waals surface area contributed by atoms with Crippen LogP contribution in [-0.4, -0.2) is 30.4 Å². The van der Waals surface area contributed by atoms with Crippen LogP contribution in [0.25, 0.3) is 0 Å². The van der Waals surface area contributed by atoms with Crippen LogP contribution in [0.3, 0.4) is 0 Å². The summed E-state index contributed by atoms with van der Waals surface area (Å²) in [6, 6.07) is 14.2. The maximum atomic E-state index is 13.9.